The fourth-order valence-corrected chi connectivity index (χ4v) is 2.02. The molecule has 0 atom stereocenters. The third kappa shape index (κ3) is 6.60. The van der Waals surface area contributed by atoms with Crippen molar-refractivity contribution < 1.29 is 14.6 Å². The van der Waals surface area contributed by atoms with Crippen LogP contribution in [0.5, 0.6) is 5.75 Å². The topological polar surface area (TPSA) is 61.8 Å². The molecule has 0 bridgehead atoms. The Bertz CT molecular complexity index is 461. The van der Waals surface area contributed by atoms with Crippen LogP contribution in [-0.2, 0) is 17.9 Å². The van der Waals surface area contributed by atoms with Gasteiger partial charge in [0.2, 0.25) is 0 Å². The van der Waals surface area contributed by atoms with Crippen molar-refractivity contribution >= 4 is 5.97 Å². The Labute approximate surface area is 126 Å². The number of methoxy groups -OCH3 is 1. The van der Waals surface area contributed by atoms with Crippen LogP contribution in [0.25, 0.3) is 0 Å². The highest BCUT2D eigenvalue weighted by Crippen LogP contribution is 2.21. The van der Waals surface area contributed by atoms with Gasteiger partial charge < -0.3 is 20.1 Å². The van der Waals surface area contributed by atoms with Gasteiger partial charge in [-0.1, -0.05) is 26.0 Å². The number of hydrogen-bond acceptors (Lipinski definition) is 4. The Balaban J connectivity index is 2.66. The number of rotatable bonds is 9. The molecule has 1 rings (SSSR count). The van der Waals surface area contributed by atoms with Crippen LogP contribution in [0.4, 0.5) is 0 Å². The van der Waals surface area contributed by atoms with Gasteiger partial charge in [0.25, 0.3) is 0 Å². The molecule has 0 spiro atoms. The largest absolute Gasteiger partial charge is 0.496 e. The molecule has 0 heterocycles. The van der Waals surface area contributed by atoms with Crippen LogP contribution < -0.4 is 10.1 Å². The lowest BCUT2D eigenvalue weighted by Crippen LogP contribution is -2.23. The molecule has 1 aromatic rings. The van der Waals surface area contributed by atoms with Gasteiger partial charge in [0.1, 0.15) is 5.75 Å². The summed E-state index contributed by atoms with van der Waals surface area (Å²) in [6, 6.07) is 6.58. The molecule has 2 N–H and O–H groups in total. The molecule has 0 aliphatic rings. The predicted octanol–water partition coefficient (Wildman–Crippen LogP) is 2.10. The molecule has 5 nitrogen and oxygen atoms in total. The zero-order chi connectivity index (χ0) is 15.8. The van der Waals surface area contributed by atoms with E-state index in [0.29, 0.717) is 19.1 Å². The van der Waals surface area contributed by atoms with Gasteiger partial charge in [0.05, 0.1) is 13.5 Å². The first-order chi connectivity index (χ1) is 9.92. The van der Waals surface area contributed by atoms with E-state index in [4.69, 9.17) is 9.84 Å². The van der Waals surface area contributed by atoms with Crippen molar-refractivity contribution in [3.05, 3.63) is 29.3 Å². The minimum atomic E-state index is -0.769. The molecule has 5 heteroatoms. The minimum absolute atomic E-state index is 0.157. The number of carboxylic acids is 1. The van der Waals surface area contributed by atoms with Gasteiger partial charge in [0, 0.05) is 31.2 Å². The van der Waals surface area contributed by atoms with E-state index in [1.54, 1.807) is 7.11 Å². The van der Waals surface area contributed by atoms with Crippen molar-refractivity contribution in [1.29, 1.82) is 0 Å². The Morgan fingerprint density at radius 1 is 1.43 bits per heavy atom. The number of carbonyl (C=O) groups is 1. The van der Waals surface area contributed by atoms with E-state index >= 15 is 0 Å². The number of hydrogen-bond donors (Lipinski definition) is 2. The first-order valence-electron chi connectivity index (χ1n) is 7.22. The van der Waals surface area contributed by atoms with E-state index < -0.39 is 5.97 Å². The fourth-order valence-electron chi connectivity index (χ4n) is 2.02. The summed E-state index contributed by atoms with van der Waals surface area (Å²) in [6.45, 7) is 6.24. The zero-order valence-corrected chi connectivity index (χ0v) is 13.3. The van der Waals surface area contributed by atoms with Crippen LogP contribution in [0.15, 0.2) is 18.2 Å². The van der Waals surface area contributed by atoms with Gasteiger partial charge in [-0.3, -0.25) is 4.79 Å². The van der Waals surface area contributed by atoms with Gasteiger partial charge in [-0.05, 0) is 18.7 Å². The standard InChI is InChI=1S/C16H26N2O3/c1-12(2)17-10-14-6-5-13(9-15(14)21-4)11-18(3)8-7-16(19)20/h5-6,9,12,17H,7-8,10-11H2,1-4H3,(H,19,20). The molecule has 0 fully saturated rings. The van der Waals surface area contributed by atoms with Crippen molar-refractivity contribution in [2.24, 2.45) is 0 Å². The molecular formula is C16H26N2O3. The van der Waals surface area contributed by atoms with E-state index in [9.17, 15) is 4.79 Å². The maximum absolute atomic E-state index is 10.6. The monoisotopic (exact) mass is 294 g/mol. The highest BCUT2D eigenvalue weighted by atomic mass is 16.5. The lowest BCUT2D eigenvalue weighted by Gasteiger charge is -2.17. The smallest absolute Gasteiger partial charge is 0.304 e. The highest BCUT2D eigenvalue weighted by Gasteiger charge is 2.08. The van der Waals surface area contributed by atoms with Crippen LogP contribution >= 0.6 is 0 Å². The third-order valence-electron chi connectivity index (χ3n) is 3.21. The Hall–Kier alpha value is -1.59. The van der Waals surface area contributed by atoms with Crippen LogP contribution in [-0.4, -0.2) is 42.7 Å². The van der Waals surface area contributed by atoms with Gasteiger partial charge in [-0.2, -0.15) is 0 Å². The van der Waals surface area contributed by atoms with Gasteiger partial charge in [0.15, 0.2) is 0 Å². The zero-order valence-electron chi connectivity index (χ0n) is 13.3. The molecule has 0 amide bonds. The number of ether oxygens (including phenoxy) is 1. The second-order valence-corrected chi connectivity index (χ2v) is 5.56. The lowest BCUT2D eigenvalue weighted by molar-refractivity contribution is -0.137. The second kappa shape index (κ2) is 8.64. The average Bonchev–Trinajstić information content (AvgIpc) is 2.43. The molecule has 0 unspecified atom stereocenters. The highest BCUT2D eigenvalue weighted by molar-refractivity contribution is 5.66. The fraction of sp³-hybridized carbons (Fsp3) is 0.562. The maximum atomic E-state index is 10.6. The quantitative estimate of drug-likeness (QED) is 0.730. The molecule has 118 valence electrons. The number of nitrogens with one attached hydrogen (secondary N) is 1. The van der Waals surface area contributed by atoms with Crippen LogP contribution in [0.2, 0.25) is 0 Å². The molecule has 0 saturated carbocycles. The maximum Gasteiger partial charge on any atom is 0.304 e. The molecule has 0 aromatic heterocycles. The second-order valence-electron chi connectivity index (χ2n) is 5.56. The average molecular weight is 294 g/mol. The number of aliphatic carboxylic acids is 1. The summed E-state index contributed by atoms with van der Waals surface area (Å²) in [4.78, 5) is 12.6. The molecule has 0 aliphatic heterocycles. The summed E-state index contributed by atoms with van der Waals surface area (Å²) in [7, 11) is 3.59. The first-order valence-corrected chi connectivity index (χ1v) is 7.22. The van der Waals surface area contributed by atoms with Crippen molar-refractivity contribution in [1.82, 2.24) is 10.2 Å². The van der Waals surface area contributed by atoms with Gasteiger partial charge in [-0.15, -0.1) is 0 Å². The van der Waals surface area contributed by atoms with Crippen molar-refractivity contribution in [3.8, 4) is 5.75 Å². The summed E-state index contributed by atoms with van der Waals surface area (Å²) in [5.41, 5.74) is 2.25. The Morgan fingerprint density at radius 3 is 2.71 bits per heavy atom. The number of benzene rings is 1. The summed E-state index contributed by atoms with van der Waals surface area (Å²) >= 11 is 0. The number of carboxylic acid groups (broad SMARTS) is 1. The van der Waals surface area contributed by atoms with Crippen molar-refractivity contribution in [3.63, 3.8) is 0 Å². The molecule has 1 aromatic carbocycles. The van der Waals surface area contributed by atoms with Gasteiger partial charge >= 0.3 is 5.97 Å². The Morgan fingerprint density at radius 2 is 2.14 bits per heavy atom. The molecule has 0 radical (unpaired) electrons. The minimum Gasteiger partial charge on any atom is -0.496 e. The Kier molecular flexibility index (Phi) is 7.19. The van der Waals surface area contributed by atoms with Crippen LogP contribution in [0.1, 0.15) is 31.4 Å². The lowest BCUT2D eigenvalue weighted by atomic mass is 10.1. The van der Waals surface area contributed by atoms with Crippen LogP contribution in [0, 0.1) is 0 Å². The van der Waals surface area contributed by atoms with E-state index in [2.05, 4.69) is 31.3 Å². The SMILES string of the molecule is COc1cc(CN(C)CCC(=O)O)ccc1CNC(C)C. The summed E-state index contributed by atoms with van der Waals surface area (Å²) in [5, 5.41) is 12.1. The van der Waals surface area contributed by atoms with E-state index in [0.717, 1.165) is 23.4 Å². The van der Waals surface area contributed by atoms with E-state index in [1.165, 1.54) is 0 Å². The van der Waals surface area contributed by atoms with Crippen molar-refractivity contribution in [2.45, 2.75) is 39.4 Å². The van der Waals surface area contributed by atoms with E-state index in [1.807, 2.05) is 18.0 Å². The molecule has 0 aliphatic carbocycles. The molecule has 21 heavy (non-hydrogen) atoms. The summed E-state index contributed by atoms with van der Waals surface area (Å²) in [5.74, 6) is 0.0989. The third-order valence-corrected chi connectivity index (χ3v) is 3.21. The molecule has 0 saturated heterocycles. The first kappa shape index (κ1) is 17.5. The summed E-state index contributed by atoms with van der Waals surface area (Å²) in [6.07, 6.45) is 0.157. The predicted molar refractivity (Wildman–Crippen MR) is 83.6 cm³/mol. The normalized spacial score (nSPS) is 11.1. The number of nitrogens with zero attached hydrogens (tertiary/aromatic N) is 1. The summed E-state index contributed by atoms with van der Waals surface area (Å²) < 4.78 is 5.45. The van der Waals surface area contributed by atoms with Gasteiger partial charge in [-0.25, -0.2) is 0 Å². The van der Waals surface area contributed by atoms with Crippen LogP contribution in [0.3, 0.4) is 0 Å². The van der Waals surface area contributed by atoms with E-state index in [-0.39, 0.29) is 6.42 Å². The molecular weight excluding hydrogens is 268 g/mol. The van der Waals surface area contributed by atoms with Crippen molar-refractivity contribution in [2.75, 3.05) is 20.7 Å².